The number of hydrogen-bond acceptors (Lipinski definition) is 5. The third-order valence-electron chi connectivity index (χ3n) is 4.16. The van der Waals surface area contributed by atoms with Crippen molar-refractivity contribution in [3.05, 3.63) is 18.0 Å². The molecule has 2 aromatic rings. The van der Waals surface area contributed by atoms with E-state index in [1.165, 1.54) is 0 Å². The summed E-state index contributed by atoms with van der Waals surface area (Å²) in [6.45, 7) is 6.52. The molecule has 0 amide bonds. The summed E-state index contributed by atoms with van der Waals surface area (Å²) in [5, 5.41) is 0. The molecule has 0 radical (unpaired) electrons. The Morgan fingerprint density at radius 1 is 1.10 bits per heavy atom. The van der Waals surface area contributed by atoms with Crippen molar-refractivity contribution in [1.82, 2.24) is 19.8 Å². The van der Waals surface area contributed by atoms with Crippen molar-refractivity contribution in [3.8, 4) is 11.5 Å². The Bertz CT molecular complexity index is 603. The third-order valence-corrected chi connectivity index (χ3v) is 4.16. The van der Waals surface area contributed by atoms with E-state index in [0.29, 0.717) is 13.2 Å². The van der Waals surface area contributed by atoms with Gasteiger partial charge in [-0.25, -0.2) is 4.98 Å². The number of H-pyrrole nitrogens is 1. The first-order chi connectivity index (χ1) is 10.3. The summed E-state index contributed by atoms with van der Waals surface area (Å²) in [4.78, 5) is 12.9. The maximum atomic E-state index is 5.61. The Kier molecular flexibility index (Phi) is 3.20. The quantitative estimate of drug-likeness (QED) is 0.896. The lowest BCUT2D eigenvalue weighted by atomic mass is 10.2. The highest BCUT2D eigenvalue weighted by molar-refractivity contribution is 5.79. The Hall–Kier alpha value is -1.79. The highest BCUT2D eigenvalue weighted by Gasteiger charge is 2.17. The second-order valence-electron chi connectivity index (χ2n) is 5.78. The lowest BCUT2D eigenvalue weighted by Crippen LogP contribution is -2.44. The molecule has 0 atom stereocenters. The van der Waals surface area contributed by atoms with E-state index in [9.17, 15) is 0 Å². The Balaban J connectivity index is 1.56. The molecule has 1 N–H and O–H groups in total. The minimum absolute atomic E-state index is 0.608. The fourth-order valence-electron chi connectivity index (χ4n) is 2.89. The van der Waals surface area contributed by atoms with Crippen LogP contribution in [0, 0.1) is 0 Å². The fraction of sp³-hybridized carbons (Fsp3) is 0.533. The minimum atomic E-state index is 0.608. The number of benzene rings is 1. The maximum absolute atomic E-state index is 5.61. The van der Waals surface area contributed by atoms with Crippen LogP contribution in [0.4, 0.5) is 0 Å². The van der Waals surface area contributed by atoms with Crippen LogP contribution in [0.2, 0.25) is 0 Å². The summed E-state index contributed by atoms with van der Waals surface area (Å²) in [6, 6.07) is 3.96. The minimum Gasteiger partial charge on any atom is -0.486 e. The normalized spacial score (nSPS) is 20.0. The van der Waals surface area contributed by atoms with Gasteiger partial charge in [0.25, 0.3) is 0 Å². The average Bonchev–Trinajstić information content (AvgIpc) is 2.88. The summed E-state index contributed by atoms with van der Waals surface area (Å²) in [5.74, 6) is 2.62. The van der Waals surface area contributed by atoms with Crippen LogP contribution in [0.25, 0.3) is 11.0 Å². The van der Waals surface area contributed by atoms with Crippen LogP contribution in [0.15, 0.2) is 12.1 Å². The van der Waals surface area contributed by atoms with E-state index < -0.39 is 0 Å². The van der Waals surface area contributed by atoms with Gasteiger partial charge in [0.05, 0.1) is 17.6 Å². The molecule has 0 saturated carbocycles. The molecule has 6 nitrogen and oxygen atoms in total. The van der Waals surface area contributed by atoms with E-state index in [2.05, 4.69) is 26.8 Å². The molecule has 3 heterocycles. The van der Waals surface area contributed by atoms with Gasteiger partial charge in [-0.15, -0.1) is 0 Å². The molecule has 0 spiro atoms. The first kappa shape index (κ1) is 12.9. The predicted octanol–water partition coefficient (Wildman–Crippen LogP) is 1.08. The van der Waals surface area contributed by atoms with E-state index in [0.717, 1.165) is 61.1 Å². The van der Waals surface area contributed by atoms with Crippen LogP contribution in [0.3, 0.4) is 0 Å². The smallest absolute Gasteiger partial charge is 0.163 e. The number of aromatic nitrogens is 2. The molecule has 112 valence electrons. The largest absolute Gasteiger partial charge is 0.486 e. The molecular weight excluding hydrogens is 268 g/mol. The van der Waals surface area contributed by atoms with Crippen LogP contribution in [0.5, 0.6) is 11.5 Å². The monoisotopic (exact) mass is 288 g/mol. The standard InChI is InChI=1S/C15H20N4O2/c1-18-2-4-19(5-3-18)10-15-16-11-8-13-14(9-12(11)17-15)21-7-6-20-13/h8-9H,2-7,10H2,1H3,(H,16,17). The summed E-state index contributed by atoms with van der Waals surface area (Å²) >= 11 is 0. The average molecular weight is 288 g/mol. The van der Waals surface area contributed by atoms with Crippen molar-refractivity contribution in [2.24, 2.45) is 0 Å². The number of hydrogen-bond donors (Lipinski definition) is 1. The van der Waals surface area contributed by atoms with Crippen LogP contribution in [-0.4, -0.2) is 66.2 Å². The molecule has 6 heteroatoms. The number of nitrogens with zero attached hydrogens (tertiary/aromatic N) is 3. The second-order valence-corrected chi connectivity index (χ2v) is 5.78. The van der Waals surface area contributed by atoms with E-state index in [1.54, 1.807) is 0 Å². The van der Waals surface area contributed by atoms with Crippen LogP contribution < -0.4 is 9.47 Å². The summed E-state index contributed by atoms with van der Waals surface area (Å²) in [7, 11) is 2.17. The third kappa shape index (κ3) is 2.56. The molecule has 1 fully saturated rings. The number of aromatic amines is 1. The Morgan fingerprint density at radius 2 is 1.81 bits per heavy atom. The van der Waals surface area contributed by atoms with E-state index in [1.807, 2.05) is 12.1 Å². The number of imidazole rings is 1. The van der Waals surface area contributed by atoms with Crippen LogP contribution >= 0.6 is 0 Å². The van der Waals surface area contributed by atoms with Gasteiger partial charge in [-0.05, 0) is 7.05 Å². The Morgan fingerprint density at radius 3 is 2.57 bits per heavy atom. The summed E-state index contributed by atoms with van der Waals surface area (Å²) in [6.07, 6.45) is 0. The van der Waals surface area contributed by atoms with Crippen LogP contribution in [-0.2, 0) is 6.54 Å². The van der Waals surface area contributed by atoms with Crippen molar-refractivity contribution >= 4 is 11.0 Å². The molecular formula is C15H20N4O2. The molecule has 1 aromatic carbocycles. The van der Waals surface area contributed by atoms with Gasteiger partial charge in [-0.1, -0.05) is 0 Å². The van der Waals surface area contributed by atoms with Gasteiger partial charge in [0.1, 0.15) is 19.0 Å². The van der Waals surface area contributed by atoms with Gasteiger partial charge in [0.15, 0.2) is 11.5 Å². The lowest BCUT2D eigenvalue weighted by molar-refractivity contribution is 0.146. The topological polar surface area (TPSA) is 53.6 Å². The highest BCUT2D eigenvalue weighted by atomic mass is 16.6. The number of piperazine rings is 1. The molecule has 1 saturated heterocycles. The highest BCUT2D eigenvalue weighted by Crippen LogP contribution is 2.33. The summed E-state index contributed by atoms with van der Waals surface area (Å²) in [5.41, 5.74) is 1.96. The first-order valence-electron chi connectivity index (χ1n) is 7.47. The number of rotatable bonds is 2. The van der Waals surface area contributed by atoms with Crippen molar-refractivity contribution in [2.75, 3.05) is 46.4 Å². The van der Waals surface area contributed by atoms with Crippen molar-refractivity contribution in [1.29, 1.82) is 0 Å². The zero-order chi connectivity index (χ0) is 14.2. The number of ether oxygens (including phenoxy) is 2. The molecule has 0 aliphatic carbocycles. The SMILES string of the molecule is CN1CCN(Cc2nc3cc4c(cc3[nH]2)OCCO4)CC1. The van der Waals surface area contributed by atoms with Crippen molar-refractivity contribution in [3.63, 3.8) is 0 Å². The number of likely N-dealkylation sites (N-methyl/N-ethyl adjacent to an activating group) is 1. The van der Waals surface area contributed by atoms with Gasteiger partial charge in [0.2, 0.25) is 0 Å². The number of nitrogens with one attached hydrogen (secondary N) is 1. The van der Waals surface area contributed by atoms with Gasteiger partial charge in [0, 0.05) is 38.3 Å². The van der Waals surface area contributed by atoms with Crippen LogP contribution in [0.1, 0.15) is 5.82 Å². The van der Waals surface area contributed by atoms with Gasteiger partial charge < -0.3 is 19.4 Å². The molecule has 1 aromatic heterocycles. The fourth-order valence-corrected chi connectivity index (χ4v) is 2.89. The zero-order valence-corrected chi connectivity index (χ0v) is 12.3. The molecule has 21 heavy (non-hydrogen) atoms. The van der Waals surface area contributed by atoms with E-state index >= 15 is 0 Å². The van der Waals surface area contributed by atoms with E-state index in [-0.39, 0.29) is 0 Å². The van der Waals surface area contributed by atoms with Gasteiger partial charge >= 0.3 is 0 Å². The first-order valence-corrected chi connectivity index (χ1v) is 7.47. The molecule has 2 aliphatic rings. The van der Waals surface area contributed by atoms with Crippen molar-refractivity contribution in [2.45, 2.75) is 6.54 Å². The summed E-state index contributed by atoms with van der Waals surface area (Å²) < 4.78 is 11.2. The predicted molar refractivity (Wildman–Crippen MR) is 79.9 cm³/mol. The Labute approximate surface area is 123 Å². The molecule has 0 bridgehead atoms. The van der Waals surface area contributed by atoms with Crippen molar-refractivity contribution < 1.29 is 9.47 Å². The second kappa shape index (κ2) is 5.20. The van der Waals surface area contributed by atoms with E-state index in [4.69, 9.17) is 9.47 Å². The van der Waals surface area contributed by atoms with Gasteiger partial charge in [-0.2, -0.15) is 0 Å². The van der Waals surface area contributed by atoms with Gasteiger partial charge in [-0.3, -0.25) is 4.90 Å². The number of fused-ring (bicyclic) bond motifs is 2. The molecule has 2 aliphatic heterocycles. The molecule has 4 rings (SSSR count). The molecule has 0 unspecified atom stereocenters. The zero-order valence-electron chi connectivity index (χ0n) is 12.3. The lowest BCUT2D eigenvalue weighted by Gasteiger charge is -2.31. The maximum Gasteiger partial charge on any atom is 0.163 e.